The molecule has 1 rings (SSSR count). The van der Waals surface area contributed by atoms with Crippen molar-refractivity contribution in [3.63, 3.8) is 0 Å². The summed E-state index contributed by atoms with van der Waals surface area (Å²) in [5.41, 5.74) is 1.02. The van der Waals surface area contributed by atoms with E-state index in [1.54, 1.807) is 19.1 Å². The van der Waals surface area contributed by atoms with Crippen LogP contribution in [0.2, 0.25) is 0 Å². The Labute approximate surface area is 118 Å². The lowest BCUT2D eigenvalue weighted by molar-refractivity contribution is 0.218. The van der Waals surface area contributed by atoms with Crippen LogP contribution in [0.15, 0.2) is 24.3 Å². The molecule has 0 aliphatic carbocycles. The van der Waals surface area contributed by atoms with Crippen LogP contribution >= 0.6 is 0 Å². The first-order chi connectivity index (χ1) is 9.51. The van der Waals surface area contributed by atoms with Gasteiger partial charge < -0.3 is 20.6 Å². The highest BCUT2D eigenvalue weighted by Gasteiger charge is 2.06. The number of hydrogen-bond acceptors (Lipinski definition) is 3. The first kappa shape index (κ1) is 16.4. The number of likely N-dealkylation sites (N-methyl/N-ethyl adjacent to an activating group) is 1. The second-order valence-corrected chi connectivity index (χ2v) is 4.85. The van der Waals surface area contributed by atoms with Crippen LogP contribution in [0.3, 0.4) is 0 Å². The number of benzene rings is 1. The summed E-state index contributed by atoms with van der Waals surface area (Å²) in [6.07, 6.45) is 0. The number of halogens is 1. The number of amides is 2. The van der Waals surface area contributed by atoms with Crippen LogP contribution in [0.5, 0.6) is 0 Å². The number of urea groups is 1. The van der Waals surface area contributed by atoms with Crippen LogP contribution in [0, 0.1) is 5.82 Å². The standard InChI is InChI=1S/C14H22FN3O2/c1-11(10-19)17-14(20)16-7-8-18(2)9-12-3-5-13(15)6-4-12/h3-6,11,19H,7-10H2,1-2H3,(H2,16,17,20). The zero-order valence-electron chi connectivity index (χ0n) is 11.9. The molecule has 0 saturated carbocycles. The number of nitrogens with one attached hydrogen (secondary N) is 2. The number of nitrogens with zero attached hydrogens (tertiary/aromatic N) is 1. The van der Waals surface area contributed by atoms with Crippen molar-refractivity contribution in [2.45, 2.75) is 19.5 Å². The minimum atomic E-state index is -0.290. The molecule has 0 bridgehead atoms. The maximum atomic E-state index is 12.8. The van der Waals surface area contributed by atoms with Gasteiger partial charge in [-0.15, -0.1) is 0 Å². The largest absolute Gasteiger partial charge is 0.394 e. The molecule has 0 saturated heterocycles. The highest BCUT2D eigenvalue weighted by molar-refractivity contribution is 5.74. The van der Waals surface area contributed by atoms with E-state index in [1.807, 2.05) is 11.9 Å². The fourth-order valence-corrected chi connectivity index (χ4v) is 1.66. The molecule has 0 aliphatic heterocycles. The molecule has 1 aromatic carbocycles. The van der Waals surface area contributed by atoms with E-state index in [4.69, 9.17) is 5.11 Å². The molecule has 3 N–H and O–H groups in total. The van der Waals surface area contributed by atoms with Gasteiger partial charge in [-0.1, -0.05) is 12.1 Å². The number of hydrogen-bond donors (Lipinski definition) is 3. The van der Waals surface area contributed by atoms with Crippen LogP contribution in [-0.2, 0) is 6.54 Å². The molecular formula is C14H22FN3O2. The highest BCUT2D eigenvalue weighted by atomic mass is 19.1. The summed E-state index contributed by atoms with van der Waals surface area (Å²) >= 11 is 0. The molecule has 5 nitrogen and oxygen atoms in total. The Balaban J connectivity index is 2.21. The SMILES string of the molecule is CC(CO)NC(=O)NCCN(C)Cc1ccc(F)cc1. The number of carbonyl (C=O) groups excluding carboxylic acids is 1. The number of aliphatic hydroxyl groups is 1. The summed E-state index contributed by atoms with van der Waals surface area (Å²) in [7, 11) is 1.93. The van der Waals surface area contributed by atoms with Crippen molar-refractivity contribution in [1.82, 2.24) is 15.5 Å². The Bertz CT molecular complexity index is 411. The molecule has 0 aromatic heterocycles. The van der Waals surface area contributed by atoms with Crippen molar-refractivity contribution in [1.29, 1.82) is 0 Å². The average molecular weight is 283 g/mol. The molecule has 0 fully saturated rings. The van der Waals surface area contributed by atoms with Crippen LogP contribution in [0.4, 0.5) is 9.18 Å². The average Bonchev–Trinajstić information content (AvgIpc) is 2.41. The molecule has 1 atom stereocenters. The van der Waals surface area contributed by atoms with E-state index in [-0.39, 0.29) is 24.5 Å². The summed E-state index contributed by atoms with van der Waals surface area (Å²) in [5, 5.41) is 14.1. The fraction of sp³-hybridized carbons (Fsp3) is 0.500. The molecule has 112 valence electrons. The molecule has 0 radical (unpaired) electrons. The van der Waals surface area contributed by atoms with E-state index in [0.717, 1.165) is 5.56 Å². The van der Waals surface area contributed by atoms with E-state index in [0.29, 0.717) is 19.6 Å². The smallest absolute Gasteiger partial charge is 0.315 e. The third kappa shape index (κ3) is 6.49. The fourth-order valence-electron chi connectivity index (χ4n) is 1.66. The summed E-state index contributed by atoms with van der Waals surface area (Å²) in [4.78, 5) is 13.4. The van der Waals surface area contributed by atoms with Gasteiger partial charge in [0.25, 0.3) is 0 Å². The zero-order valence-corrected chi connectivity index (χ0v) is 11.9. The van der Waals surface area contributed by atoms with Crippen LogP contribution in [-0.4, -0.2) is 48.8 Å². The van der Waals surface area contributed by atoms with Gasteiger partial charge in [-0.25, -0.2) is 9.18 Å². The minimum absolute atomic E-state index is 0.0854. The highest BCUT2D eigenvalue weighted by Crippen LogP contribution is 2.04. The third-order valence-corrected chi connectivity index (χ3v) is 2.80. The quantitative estimate of drug-likeness (QED) is 0.698. The predicted molar refractivity (Wildman–Crippen MR) is 75.8 cm³/mol. The minimum Gasteiger partial charge on any atom is -0.394 e. The van der Waals surface area contributed by atoms with Crippen LogP contribution in [0.25, 0.3) is 0 Å². The van der Waals surface area contributed by atoms with Gasteiger partial charge in [0, 0.05) is 19.6 Å². The van der Waals surface area contributed by atoms with Crippen molar-refractivity contribution in [3.8, 4) is 0 Å². The Morgan fingerprint density at radius 2 is 2.05 bits per heavy atom. The van der Waals surface area contributed by atoms with E-state index in [1.165, 1.54) is 12.1 Å². The van der Waals surface area contributed by atoms with E-state index in [2.05, 4.69) is 10.6 Å². The monoisotopic (exact) mass is 283 g/mol. The van der Waals surface area contributed by atoms with Gasteiger partial charge >= 0.3 is 6.03 Å². The van der Waals surface area contributed by atoms with Gasteiger partial charge in [-0.3, -0.25) is 0 Å². The van der Waals surface area contributed by atoms with Gasteiger partial charge in [-0.2, -0.15) is 0 Å². The second kappa shape index (κ2) is 8.50. The topological polar surface area (TPSA) is 64.6 Å². The lowest BCUT2D eigenvalue weighted by Gasteiger charge is -2.18. The lowest BCUT2D eigenvalue weighted by Crippen LogP contribution is -2.44. The summed E-state index contributed by atoms with van der Waals surface area (Å²) in [6.45, 7) is 3.51. The molecule has 0 aliphatic rings. The maximum absolute atomic E-state index is 12.8. The van der Waals surface area contributed by atoms with Gasteiger partial charge in [-0.05, 0) is 31.7 Å². The Kier molecular flexibility index (Phi) is 6.97. The summed E-state index contributed by atoms with van der Waals surface area (Å²) in [5.74, 6) is -0.243. The normalized spacial score (nSPS) is 12.2. The van der Waals surface area contributed by atoms with Gasteiger partial charge in [0.05, 0.1) is 12.6 Å². The first-order valence-electron chi connectivity index (χ1n) is 6.59. The van der Waals surface area contributed by atoms with Crippen molar-refractivity contribution in [3.05, 3.63) is 35.6 Å². The number of rotatable bonds is 7. The van der Waals surface area contributed by atoms with Crippen molar-refractivity contribution in [2.75, 3.05) is 26.7 Å². The molecule has 0 heterocycles. The lowest BCUT2D eigenvalue weighted by atomic mass is 10.2. The van der Waals surface area contributed by atoms with Crippen molar-refractivity contribution in [2.24, 2.45) is 0 Å². The third-order valence-electron chi connectivity index (χ3n) is 2.80. The number of aliphatic hydroxyl groups excluding tert-OH is 1. The second-order valence-electron chi connectivity index (χ2n) is 4.85. The molecule has 20 heavy (non-hydrogen) atoms. The predicted octanol–water partition coefficient (Wildman–Crippen LogP) is 0.938. The molecule has 2 amide bonds. The van der Waals surface area contributed by atoms with E-state index in [9.17, 15) is 9.18 Å². The van der Waals surface area contributed by atoms with Crippen molar-refractivity contribution >= 4 is 6.03 Å². The number of carbonyl (C=O) groups is 1. The maximum Gasteiger partial charge on any atom is 0.315 e. The van der Waals surface area contributed by atoms with E-state index < -0.39 is 0 Å². The van der Waals surface area contributed by atoms with Gasteiger partial charge in [0.15, 0.2) is 0 Å². The summed E-state index contributed by atoms with van der Waals surface area (Å²) < 4.78 is 12.8. The Morgan fingerprint density at radius 1 is 1.40 bits per heavy atom. The molecule has 1 aromatic rings. The van der Waals surface area contributed by atoms with E-state index >= 15 is 0 Å². The molecule has 1 unspecified atom stereocenters. The van der Waals surface area contributed by atoms with Gasteiger partial charge in [0.1, 0.15) is 5.82 Å². The molecule has 6 heteroatoms. The van der Waals surface area contributed by atoms with Crippen LogP contribution in [0.1, 0.15) is 12.5 Å². The molecular weight excluding hydrogens is 261 g/mol. The van der Waals surface area contributed by atoms with Crippen LogP contribution < -0.4 is 10.6 Å². The summed E-state index contributed by atoms with van der Waals surface area (Å²) in [6, 6.07) is 5.81. The zero-order chi connectivity index (χ0) is 15.0. The first-order valence-corrected chi connectivity index (χ1v) is 6.59. The molecule has 0 spiro atoms. The van der Waals surface area contributed by atoms with Crippen molar-refractivity contribution < 1.29 is 14.3 Å². The Morgan fingerprint density at radius 3 is 2.65 bits per heavy atom. The van der Waals surface area contributed by atoms with Gasteiger partial charge in [0.2, 0.25) is 0 Å². The Hall–Kier alpha value is -1.66.